The number of hydrogen-bond donors (Lipinski definition) is 1. The molecule has 0 aliphatic heterocycles. The van der Waals surface area contributed by atoms with E-state index in [4.69, 9.17) is 4.98 Å². The van der Waals surface area contributed by atoms with Gasteiger partial charge in [0.25, 0.3) is 5.91 Å². The molecule has 0 unspecified atom stereocenters. The lowest BCUT2D eigenvalue weighted by atomic mass is 9.99. The lowest BCUT2D eigenvalue weighted by Crippen LogP contribution is -2.25. The van der Waals surface area contributed by atoms with E-state index in [0.29, 0.717) is 12.1 Å². The van der Waals surface area contributed by atoms with Gasteiger partial charge in [-0.25, -0.2) is 9.97 Å². The van der Waals surface area contributed by atoms with E-state index in [1.54, 1.807) is 12.5 Å². The highest BCUT2D eigenvalue weighted by Crippen LogP contribution is 2.27. The number of carbonyl (C=O) groups excluding carboxylic acids is 1. The highest BCUT2D eigenvalue weighted by molar-refractivity contribution is 6.07. The molecule has 0 aliphatic carbocycles. The topological polar surface area (TPSA) is 59.8 Å². The van der Waals surface area contributed by atoms with Gasteiger partial charge in [0, 0.05) is 36.4 Å². The molecule has 0 atom stereocenters. The quantitative estimate of drug-likeness (QED) is 0.497. The number of para-hydroxylation sites is 1. The number of aromatic nitrogens is 3. The number of fused-ring (bicyclic) bond motifs is 1. The number of benzene rings is 2. The molecule has 0 bridgehead atoms. The lowest BCUT2D eigenvalue weighted by molar-refractivity contribution is 0.0954. The van der Waals surface area contributed by atoms with E-state index in [2.05, 4.69) is 42.3 Å². The summed E-state index contributed by atoms with van der Waals surface area (Å²) < 4.78 is 2.01. The summed E-state index contributed by atoms with van der Waals surface area (Å²) >= 11 is 0. The Morgan fingerprint density at radius 2 is 1.97 bits per heavy atom. The zero-order valence-electron chi connectivity index (χ0n) is 16.7. The Labute approximate surface area is 170 Å². The van der Waals surface area contributed by atoms with Crippen LogP contribution in [0.25, 0.3) is 22.2 Å². The summed E-state index contributed by atoms with van der Waals surface area (Å²) in [5, 5.41) is 3.92. The number of nitrogens with one attached hydrogen (secondary N) is 1. The maximum atomic E-state index is 13.0. The average molecular weight is 384 g/mol. The average Bonchev–Trinajstić information content (AvgIpc) is 3.24. The van der Waals surface area contributed by atoms with Gasteiger partial charge < -0.3 is 9.88 Å². The second-order valence-electron chi connectivity index (χ2n) is 7.30. The second kappa shape index (κ2) is 8.27. The summed E-state index contributed by atoms with van der Waals surface area (Å²) in [5.41, 5.74) is 5.73. The van der Waals surface area contributed by atoms with E-state index in [-0.39, 0.29) is 5.91 Å². The predicted octanol–water partition coefficient (Wildman–Crippen LogP) is 4.54. The molecular formula is C24H24N4O. The van der Waals surface area contributed by atoms with Gasteiger partial charge in [-0.05, 0) is 38.0 Å². The Hall–Kier alpha value is -3.47. The van der Waals surface area contributed by atoms with Crippen LogP contribution >= 0.6 is 0 Å². The molecule has 0 radical (unpaired) electrons. The first-order valence-corrected chi connectivity index (χ1v) is 9.83. The molecule has 2 aromatic heterocycles. The minimum atomic E-state index is -0.0692. The van der Waals surface area contributed by atoms with Gasteiger partial charge in [-0.15, -0.1) is 0 Å². The number of hydrogen-bond acceptors (Lipinski definition) is 3. The van der Waals surface area contributed by atoms with Crippen LogP contribution in [0.15, 0.2) is 67.3 Å². The largest absolute Gasteiger partial charge is 0.352 e. The van der Waals surface area contributed by atoms with E-state index < -0.39 is 0 Å². The van der Waals surface area contributed by atoms with Crippen LogP contribution in [-0.4, -0.2) is 27.0 Å². The van der Waals surface area contributed by atoms with Crippen LogP contribution < -0.4 is 5.32 Å². The molecule has 146 valence electrons. The van der Waals surface area contributed by atoms with E-state index in [1.807, 2.05) is 41.1 Å². The van der Waals surface area contributed by atoms with Crippen LogP contribution in [0, 0.1) is 13.8 Å². The SMILES string of the molecule is Cc1ccc(-c2cc(C(=O)NCCCn3ccnc3)c3ccccc3n2)c(C)c1. The van der Waals surface area contributed by atoms with E-state index in [0.717, 1.165) is 40.7 Å². The van der Waals surface area contributed by atoms with Gasteiger partial charge in [0.1, 0.15) is 0 Å². The normalized spacial score (nSPS) is 11.0. The van der Waals surface area contributed by atoms with Gasteiger partial charge in [0.05, 0.1) is 23.1 Å². The van der Waals surface area contributed by atoms with E-state index in [9.17, 15) is 4.79 Å². The van der Waals surface area contributed by atoms with Gasteiger partial charge in [-0.2, -0.15) is 0 Å². The van der Waals surface area contributed by atoms with Crippen LogP contribution in [0.5, 0.6) is 0 Å². The molecule has 5 nitrogen and oxygen atoms in total. The summed E-state index contributed by atoms with van der Waals surface area (Å²) in [6.45, 7) is 5.58. The fraction of sp³-hybridized carbons (Fsp3) is 0.208. The van der Waals surface area contributed by atoms with Gasteiger partial charge in [0.15, 0.2) is 0 Å². The first kappa shape index (κ1) is 18.9. The van der Waals surface area contributed by atoms with Crippen LogP contribution in [0.3, 0.4) is 0 Å². The zero-order valence-corrected chi connectivity index (χ0v) is 16.7. The lowest BCUT2D eigenvalue weighted by Gasteiger charge is -2.12. The minimum Gasteiger partial charge on any atom is -0.352 e. The van der Waals surface area contributed by atoms with Crippen LogP contribution in [0.1, 0.15) is 27.9 Å². The van der Waals surface area contributed by atoms with Crippen molar-refractivity contribution < 1.29 is 4.79 Å². The third kappa shape index (κ3) is 4.19. The molecular weight excluding hydrogens is 360 g/mol. The number of nitrogens with zero attached hydrogens (tertiary/aromatic N) is 3. The molecule has 2 aromatic carbocycles. The molecule has 4 rings (SSSR count). The van der Waals surface area contributed by atoms with Crippen molar-refractivity contribution in [3.05, 3.63) is 83.9 Å². The molecule has 0 spiro atoms. The van der Waals surface area contributed by atoms with Crippen molar-refractivity contribution in [3.8, 4) is 11.3 Å². The molecule has 4 aromatic rings. The molecule has 5 heteroatoms. The highest BCUT2D eigenvalue weighted by Gasteiger charge is 2.14. The van der Waals surface area contributed by atoms with Crippen LogP contribution in [-0.2, 0) is 6.54 Å². The van der Waals surface area contributed by atoms with Crippen molar-refractivity contribution >= 4 is 16.8 Å². The molecule has 0 aliphatic rings. The highest BCUT2D eigenvalue weighted by atomic mass is 16.1. The Balaban J connectivity index is 1.61. The Bertz CT molecular complexity index is 1150. The van der Waals surface area contributed by atoms with Crippen LogP contribution in [0.4, 0.5) is 0 Å². The monoisotopic (exact) mass is 384 g/mol. The van der Waals surface area contributed by atoms with Crippen molar-refractivity contribution in [2.24, 2.45) is 0 Å². The number of pyridine rings is 1. The second-order valence-corrected chi connectivity index (χ2v) is 7.30. The maximum absolute atomic E-state index is 13.0. The van der Waals surface area contributed by atoms with Crippen LogP contribution in [0.2, 0.25) is 0 Å². The minimum absolute atomic E-state index is 0.0692. The smallest absolute Gasteiger partial charge is 0.252 e. The molecule has 0 saturated heterocycles. The molecule has 2 heterocycles. The summed E-state index contributed by atoms with van der Waals surface area (Å²) in [6, 6.07) is 16.0. The molecule has 0 fully saturated rings. The molecule has 1 N–H and O–H groups in total. The molecule has 0 saturated carbocycles. The van der Waals surface area contributed by atoms with Gasteiger partial charge in [-0.3, -0.25) is 4.79 Å². The van der Waals surface area contributed by atoms with Crippen molar-refractivity contribution in [2.45, 2.75) is 26.8 Å². The number of rotatable bonds is 6. The van der Waals surface area contributed by atoms with E-state index >= 15 is 0 Å². The predicted molar refractivity (Wildman–Crippen MR) is 116 cm³/mol. The standard InChI is InChI=1S/C24H24N4O/c1-17-8-9-19(18(2)14-17)23-15-21(20-6-3-4-7-22(20)27-23)24(29)26-10-5-12-28-13-11-25-16-28/h3-4,6-9,11,13-16H,5,10,12H2,1-2H3,(H,26,29). The summed E-state index contributed by atoms with van der Waals surface area (Å²) in [5.74, 6) is -0.0692. The summed E-state index contributed by atoms with van der Waals surface area (Å²) in [6.07, 6.45) is 6.31. The maximum Gasteiger partial charge on any atom is 0.252 e. The first-order chi connectivity index (χ1) is 14.1. The van der Waals surface area contributed by atoms with Gasteiger partial charge in [0.2, 0.25) is 0 Å². The Morgan fingerprint density at radius 3 is 2.76 bits per heavy atom. The van der Waals surface area contributed by atoms with Crippen molar-refractivity contribution in [2.75, 3.05) is 6.54 Å². The van der Waals surface area contributed by atoms with Crippen molar-refractivity contribution in [1.82, 2.24) is 19.9 Å². The fourth-order valence-corrected chi connectivity index (χ4v) is 3.58. The Morgan fingerprint density at radius 1 is 1.10 bits per heavy atom. The zero-order chi connectivity index (χ0) is 20.2. The Kier molecular flexibility index (Phi) is 5.38. The number of carbonyl (C=O) groups is 1. The van der Waals surface area contributed by atoms with E-state index in [1.165, 1.54) is 5.56 Å². The molecule has 29 heavy (non-hydrogen) atoms. The van der Waals surface area contributed by atoms with Crippen molar-refractivity contribution in [1.29, 1.82) is 0 Å². The summed E-state index contributed by atoms with van der Waals surface area (Å²) in [7, 11) is 0. The third-order valence-electron chi connectivity index (χ3n) is 5.06. The van der Waals surface area contributed by atoms with Gasteiger partial charge >= 0.3 is 0 Å². The third-order valence-corrected chi connectivity index (χ3v) is 5.06. The summed E-state index contributed by atoms with van der Waals surface area (Å²) in [4.78, 5) is 21.8. The number of amides is 1. The first-order valence-electron chi connectivity index (χ1n) is 9.83. The number of aryl methyl sites for hydroxylation is 3. The number of imidazole rings is 1. The fourth-order valence-electron chi connectivity index (χ4n) is 3.58. The van der Waals surface area contributed by atoms with Gasteiger partial charge in [-0.1, -0.05) is 42.0 Å². The molecule has 1 amide bonds. The van der Waals surface area contributed by atoms with Crippen molar-refractivity contribution in [3.63, 3.8) is 0 Å².